The van der Waals surface area contributed by atoms with Crippen molar-refractivity contribution >= 4 is 79.6 Å². The van der Waals surface area contributed by atoms with E-state index in [1.165, 1.54) is 70.1 Å². The third-order valence-corrected chi connectivity index (χ3v) is 15.4. The van der Waals surface area contributed by atoms with E-state index < -0.39 is 5.51 Å². The van der Waals surface area contributed by atoms with E-state index in [2.05, 4.69) is 179 Å². The van der Waals surface area contributed by atoms with Crippen LogP contribution in [0.1, 0.15) is 0 Å². The molecule has 0 aliphatic carbocycles. The number of benzene rings is 8. The maximum atomic E-state index is 3.91. The molecule has 0 atom stereocenters. The van der Waals surface area contributed by atoms with Gasteiger partial charge in [-0.3, -0.25) is 0 Å². The second-order valence-corrected chi connectivity index (χ2v) is 16.9. The van der Waals surface area contributed by atoms with Gasteiger partial charge in [0.2, 0.25) is 0 Å². The van der Waals surface area contributed by atoms with Crippen LogP contribution in [0.5, 0.6) is 0 Å². The summed E-state index contributed by atoms with van der Waals surface area (Å²) < 4.78 is 0. The van der Waals surface area contributed by atoms with Crippen molar-refractivity contribution in [3.63, 3.8) is 0 Å². The normalized spacial score (nSPS) is 11.9. The molecule has 0 heterocycles. The monoisotopic (exact) mass is 618 g/mol. The van der Waals surface area contributed by atoms with Crippen molar-refractivity contribution in [1.82, 2.24) is 0 Å². The Morgan fingerprint density at radius 1 is 0.333 bits per heavy atom. The Balaban J connectivity index is 1.74. The van der Waals surface area contributed by atoms with Crippen molar-refractivity contribution in [2.75, 3.05) is 0 Å². The van der Waals surface area contributed by atoms with Crippen LogP contribution in [0.4, 0.5) is 0 Å². The van der Waals surface area contributed by atoms with Crippen molar-refractivity contribution in [2.45, 2.75) is 0 Å². The van der Waals surface area contributed by atoms with Gasteiger partial charge in [-0.25, -0.2) is 0 Å². The fraction of sp³-hybridized carbons (Fsp3) is 0. The minimum atomic E-state index is -2.24. The summed E-state index contributed by atoms with van der Waals surface area (Å²) in [5, 5.41) is 14.6. The van der Waals surface area contributed by atoms with Gasteiger partial charge >= 0.3 is 255 Å². The Morgan fingerprint density at radius 3 is 1.24 bits per heavy atom. The first kappa shape index (κ1) is 25.5. The molecule has 8 rings (SSSR count). The summed E-state index contributed by atoms with van der Waals surface area (Å²) in [4.78, 5) is 0. The molecule has 0 saturated heterocycles. The van der Waals surface area contributed by atoms with Crippen LogP contribution in [0.2, 0.25) is 0 Å². The summed E-state index contributed by atoms with van der Waals surface area (Å²) in [5.41, 5.74) is 0.313. The van der Waals surface area contributed by atoms with Gasteiger partial charge in [-0.2, -0.15) is 0 Å². The molecule has 198 valence electrons. The van der Waals surface area contributed by atoms with Gasteiger partial charge in [0.15, 0.2) is 0 Å². The molecule has 0 aliphatic rings. The van der Waals surface area contributed by atoms with Gasteiger partial charge < -0.3 is 0 Å². The molecule has 0 spiro atoms. The van der Waals surface area contributed by atoms with E-state index in [0.29, 0.717) is 0 Å². The number of fused-ring (bicyclic) bond motifs is 7. The molecule has 0 N–H and O–H groups in total. The average molecular weight is 618 g/mol. The van der Waals surface area contributed by atoms with Gasteiger partial charge in [-0.1, -0.05) is 0 Å². The molecule has 0 radical (unpaired) electrons. The Morgan fingerprint density at radius 2 is 0.714 bits per heavy atom. The minimum absolute atomic E-state index is 1.24. The summed E-state index contributed by atoms with van der Waals surface area (Å²) in [5.74, 6) is 0. The first-order valence-electron chi connectivity index (χ1n) is 14.3. The first-order chi connectivity index (χ1) is 20.8. The number of hydrogen-bond acceptors (Lipinski definition) is 0. The summed E-state index contributed by atoms with van der Waals surface area (Å²) in [6.07, 6.45) is 0. The van der Waals surface area contributed by atoms with Crippen LogP contribution < -0.4 is 15.9 Å². The third kappa shape index (κ3) is 3.79. The zero-order chi connectivity index (χ0) is 28.1. The molecule has 8 aromatic rings. The van der Waals surface area contributed by atoms with E-state index in [0.717, 1.165) is 0 Å². The first-order valence-corrected chi connectivity index (χ1v) is 18.3. The SMILES string of the molecule is [Se]=P(c1ccccc1)(c1ccccc1)c1c2ccccc2c(-c2ccccc2)c2c3ccccc3c3ccccc3c12. The van der Waals surface area contributed by atoms with E-state index in [1.807, 2.05) is 0 Å². The van der Waals surface area contributed by atoms with Crippen molar-refractivity contribution in [3.8, 4) is 11.1 Å². The molecule has 2 heteroatoms. The van der Waals surface area contributed by atoms with Crippen LogP contribution in [0.15, 0.2) is 164 Å². The molecule has 0 bridgehead atoms. The summed E-state index contributed by atoms with van der Waals surface area (Å²) in [7, 11) is 0. The summed E-state index contributed by atoms with van der Waals surface area (Å²) in [6, 6.07) is 60.2. The molecule has 0 nitrogen and oxygen atoms in total. The van der Waals surface area contributed by atoms with Crippen LogP contribution in [0.25, 0.3) is 54.2 Å². The molecule has 0 aromatic heterocycles. The predicted molar refractivity (Wildman–Crippen MR) is 186 cm³/mol. The standard InChI is InChI=1S/C40H27PSe/c42-41(29-18-6-2-7-19-29,30-20-8-3-9-21-30)40-36-27-15-14-26-35(36)37(28-16-4-1-5-17-28)38-33-24-12-10-22-31(33)32-23-11-13-25-34(32)39(38)40/h1-27H. The molecule has 0 aliphatic heterocycles. The quantitative estimate of drug-likeness (QED) is 0.0799. The Kier molecular flexibility index (Phi) is 6.20. The van der Waals surface area contributed by atoms with Gasteiger partial charge in [-0.05, 0) is 0 Å². The van der Waals surface area contributed by atoms with Gasteiger partial charge in [0, 0.05) is 0 Å². The van der Waals surface area contributed by atoms with Crippen molar-refractivity contribution < 1.29 is 0 Å². The van der Waals surface area contributed by atoms with E-state index in [1.54, 1.807) is 0 Å². The molecule has 0 saturated carbocycles. The Labute approximate surface area is 253 Å². The van der Waals surface area contributed by atoms with E-state index >= 15 is 0 Å². The van der Waals surface area contributed by atoms with Gasteiger partial charge in [0.25, 0.3) is 0 Å². The summed E-state index contributed by atoms with van der Waals surface area (Å²) >= 11 is 3.91. The van der Waals surface area contributed by atoms with Gasteiger partial charge in [0.05, 0.1) is 0 Å². The van der Waals surface area contributed by atoms with Crippen LogP contribution in [0, 0.1) is 0 Å². The van der Waals surface area contributed by atoms with Crippen molar-refractivity contribution in [2.24, 2.45) is 0 Å². The average Bonchev–Trinajstić information content (AvgIpc) is 3.08. The fourth-order valence-electron chi connectivity index (χ4n) is 6.74. The Bertz CT molecular complexity index is 2260. The fourth-order valence-corrected chi connectivity index (χ4v) is 12.5. The molecule has 42 heavy (non-hydrogen) atoms. The molecule has 0 unspecified atom stereocenters. The van der Waals surface area contributed by atoms with Crippen LogP contribution >= 0.6 is 5.51 Å². The van der Waals surface area contributed by atoms with Crippen LogP contribution in [0.3, 0.4) is 0 Å². The molecule has 0 amide bonds. The van der Waals surface area contributed by atoms with E-state index in [9.17, 15) is 0 Å². The molecule has 0 fully saturated rings. The second kappa shape index (κ2) is 10.2. The zero-order valence-electron chi connectivity index (χ0n) is 22.9. The predicted octanol–water partition coefficient (Wildman–Crippen LogP) is 9.34. The van der Waals surface area contributed by atoms with E-state index in [4.69, 9.17) is 0 Å². The maximum absolute atomic E-state index is 3.91. The van der Waals surface area contributed by atoms with Gasteiger partial charge in [-0.15, -0.1) is 0 Å². The van der Waals surface area contributed by atoms with Crippen LogP contribution in [-0.4, -0.2) is 15.1 Å². The van der Waals surface area contributed by atoms with Crippen molar-refractivity contribution in [3.05, 3.63) is 164 Å². The molecular weight excluding hydrogens is 590 g/mol. The second-order valence-electron chi connectivity index (χ2n) is 10.8. The van der Waals surface area contributed by atoms with Gasteiger partial charge in [0.1, 0.15) is 0 Å². The third-order valence-electron chi connectivity index (χ3n) is 8.49. The molecular formula is C40H27PSe. The van der Waals surface area contributed by atoms with E-state index in [-0.39, 0.29) is 0 Å². The zero-order valence-corrected chi connectivity index (χ0v) is 25.6. The molecule has 8 aromatic carbocycles. The Hall–Kier alpha value is -4.25. The van der Waals surface area contributed by atoms with Crippen molar-refractivity contribution in [1.29, 1.82) is 0 Å². The topological polar surface area (TPSA) is 0 Å². The van der Waals surface area contributed by atoms with Crippen LogP contribution in [-0.2, 0) is 0 Å². The number of rotatable bonds is 4. The number of hydrogen-bond donors (Lipinski definition) is 0. The summed E-state index contributed by atoms with van der Waals surface area (Å²) in [6.45, 7) is 0.